The van der Waals surface area contributed by atoms with Gasteiger partial charge in [0, 0.05) is 18.3 Å². The lowest BCUT2D eigenvalue weighted by Crippen LogP contribution is -2.37. The van der Waals surface area contributed by atoms with E-state index in [1.165, 1.54) is 12.3 Å². The largest absolute Gasteiger partial charge is 0.351 e. The number of hydrogen-bond donors (Lipinski definition) is 2. The van der Waals surface area contributed by atoms with Crippen LogP contribution in [0.15, 0.2) is 35.6 Å². The van der Waals surface area contributed by atoms with E-state index in [1.54, 1.807) is 18.3 Å². The van der Waals surface area contributed by atoms with E-state index >= 15 is 0 Å². The molecule has 0 radical (unpaired) electrons. The van der Waals surface area contributed by atoms with Crippen LogP contribution in [0, 0.1) is 0 Å². The molecule has 0 bridgehead atoms. The van der Waals surface area contributed by atoms with E-state index in [0.29, 0.717) is 5.82 Å². The van der Waals surface area contributed by atoms with Crippen LogP contribution in [0.1, 0.15) is 37.0 Å². The van der Waals surface area contributed by atoms with Crippen LogP contribution < -0.4 is 9.62 Å². The molecule has 0 aromatic carbocycles. The van der Waals surface area contributed by atoms with Gasteiger partial charge in [-0.1, -0.05) is 0 Å². The highest BCUT2D eigenvalue weighted by Gasteiger charge is 2.32. The maximum absolute atomic E-state index is 12.6. The van der Waals surface area contributed by atoms with Gasteiger partial charge in [-0.15, -0.1) is 0 Å². The van der Waals surface area contributed by atoms with Crippen molar-refractivity contribution in [3.8, 4) is 0 Å². The van der Waals surface area contributed by atoms with E-state index in [9.17, 15) is 13.2 Å². The average Bonchev–Trinajstić information content (AvgIpc) is 3.18. The number of carbonyl (C=O) groups is 1. The van der Waals surface area contributed by atoms with E-state index in [4.69, 9.17) is 0 Å². The van der Waals surface area contributed by atoms with Gasteiger partial charge < -0.3 is 4.90 Å². The molecule has 1 aliphatic rings. The van der Waals surface area contributed by atoms with Gasteiger partial charge in [-0.25, -0.2) is 9.71 Å². The average molecular weight is 349 g/mol. The third-order valence-electron chi connectivity index (χ3n) is 4.22. The number of aromatic amines is 1. The molecule has 8 nitrogen and oxygen atoms in total. The Bertz CT molecular complexity index is 825. The van der Waals surface area contributed by atoms with Crippen molar-refractivity contribution in [3.05, 3.63) is 36.2 Å². The zero-order chi connectivity index (χ0) is 17.3. The summed E-state index contributed by atoms with van der Waals surface area (Å²) >= 11 is 0. The van der Waals surface area contributed by atoms with Gasteiger partial charge in [-0.3, -0.25) is 9.89 Å². The zero-order valence-electron chi connectivity index (χ0n) is 13.4. The molecule has 1 saturated heterocycles. The van der Waals surface area contributed by atoms with Crippen LogP contribution >= 0.6 is 0 Å². The molecular weight excluding hydrogens is 330 g/mol. The summed E-state index contributed by atoms with van der Waals surface area (Å²) in [5.41, 5.74) is 0.237. The third-order valence-corrected chi connectivity index (χ3v) is 5.48. The van der Waals surface area contributed by atoms with Crippen LogP contribution in [0.5, 0.6) is 0 Å². The number of nitrogens with zero attached hydrogens (tertiary/aromatic N) is 3. The Kier molecular flexibility index (Phi) is 4.27. The minimum absolute atomic E-state index is 0.163. The number of hydrogen-bond acceptors (Lipinski definition) is 6. The molecule has 2 N–H and O–H groups in total. The Balaban J connectivity index is 1.91. The molecule has 0 spiro atoms. The monoisotopic (exact) mass is 349 g/mol. The molecule has 3 heterocycles. The maximum Gasteiger partial charge on any atom is 0.281 e. The van der Waals surface area contributed by atoms with Crippen LogP contribution in [0.25, 0.3) is 0 Å². The Labute approximate surface area is 140 Å². The molecule has 2 aromatic rings. The molecule has 3 rings (SSSR count). The van der Waals surface area contributed by atoms with Crippen molar-refractivity contribution >= 4 is 21.7 Å². The zero-order valence-corrected chi connectivity index (χ0v) is 14.2. The van der Waals surface area contributed by atoms with E-state index in [0.717, 1.165) is 12.8 Å². The molecule has 0 aliphatic carbocycles. The van der Waals surface area contributed by atoms with Gasteiger partial charge in [-0.05, 0) is 44.9 Å². The van der Waals surface area contributed by atoms with Gasteiger partial charge in [0.05, 0.1) is 11.8 Å². The van der Waals surface area contributed by atoms with Crippen molar-refractivity contribution < 1.29 is 13.2 Å². The first-order chi connectivity index (χ1) is 11.4. The van der Waals surface area contributed by atoms with Crippen molar-refractivity contribution in [1.82, 2.24) is 19.9 Å². The fourth-order valence-corrected chi connectivity index (χ4v) is 3.89. The number of nitrogens with one attached hydrogen (secondary N) is 2. The fourth-order valence-electron chi connectivity index (χ4n) is 3.02. The first kappa shape index (κ1) is 16.4. The molecule has 9 heteroatoms. The standard InChI is InChI=1S/C15H19N5O3S/c1-10-5-6-11(2)20(10)14-12(4-3-8-16-14)15(21)19-24(22,23)13-7-9-17-18-13/h3-4,7-11H,5-6H2,1-2H3,(H,17,18)(H,19,21)/t10-,11+. The Morgan fingerprint density at radius 2 is 1.96 bits per heavy atom. The number of aromatic nitrogens is 3. The number of H-pyrrole nitrogens is 1. The molecule has 1 fully saturated rings. The SMILES string of the molecule is C[C@@H]1CC[C@H](C)N1c1ncccc1C(=O)NS(=O)(=O)c1ccn[nH]1. The van der Waals surface area contributed by atoms with Crippen LogP contribution in [0.2, 0.25) is 0 Å². The van der Waals surface area contributed by atoms with Gasteiger partial charge >= 0.3 is 0 Å². The summed E-state index contributed by atoms with van der Waals surface area (Å²) in [6.07, 6.45) is 4.92. The minimum atomic E-state index is -4.00. The predicted molar refractivity (Wildman–Crippen MR) is 88.1 cm³/mol. The molecule has 24 heavy (non-hydrogen) atoms. The van der Waals surface area contributed by atoms with Crippen molar-refractivity contribution in [2.45, 2.75) is 43.8 Å². The number of amides is 1. The summed E-state index contributed by atoms with van der Waals surface area (Å²) in [6.45, 7) is 4.14. The van der Waals surface area contributed by atoms with Crippen molar-refractivity contribution in [3.63, 3.8) is 0 Å². The second-order valence-corrected chi connectivity index (χ2v) is 7.56. The molecule has 1 amide bonds. The lowest BCUT2D eigenvalue weighted by atomic mass is 10.2. The number of rotatable bonds is 4. The Morgan fingerprint density at radius 3 is 2.58 bits per heavy atom. The van der Waals surface area contributed by atoms with Crippen molar-refractivity contribution in [2.75, 3.05) is 4.90 Å². The maximum atomic E-state index is 12.6. The van der Waals surface area contributed by atoms with Crippen LogP contribution in [0.3, 0.4) is 0 Å². The first-order valence-electron chi connectivity index (χ1n) is 7.70. The molecule has 0 unspecified atom stereocenters. The topological polar surface area (TPSA) is 108 Å². The van der Waals surface area contributed by atoms with E-state index in [1.807, 2.05) is 0 Å². The summed E-state index contributed by atoms with van der Waals surface area (Å²) in [6, 6.07) is 4.96. The normalized spacial score (nSPS) is 21.0. The van der Waals surface area contributed by atoms with Gasteiger partial charge in [0.1, 0.15) is 5.82 Å². The third kappa shape index (κ3) is 2.99. The van der Waals surface area contributed by atoms with Crippen molar-refractivity contribution in [1.29, 1.82) is 0 Å². The van der Waals surface area contributed by atoms with Gasteiger partial charge in [-0.2, -0.15) is 13.5 Å². The predicted octanol–water partition coefficient (Wildman–Crippen LogP) is 1.30. The highest BCUT2D eigenvalue weighted by Crippen LogP contribution is 2.31. The number of pyridine rings is 1. The fraction of sp³-hybridized carbons (Fsp3) is 0.400. The van der Waals surface area contributed by atoms with Crippen LogP contribution in [0.4, 0.5) is 5.82 Å². The van der Waals surface area contributed by atoms with Crippen molar-refractivity contribution in [2.24, 2.45) is 0 Å². The molecule has 0 saturated carbocycles. The number of anilines is 1. The Morgan fingerprint density at radius 1 is 1.25 bits per heavy atom. The summed E-state index contributed by atoms with van der Waals surface area (Å²) < 4.78 is 26.5. The highest BCUT2D eigenvalue weighted by molar-refractivity contribution is 7.90. The van der Waals surface area contributed by atoms with Gasteiger partial charge in [0.2, 0.25) is 0 Å². The molecule has 128 valence electrons. The second-order valence-electron chi connectivity index (χ2n) is 5.91. The number of carbonyl (C=O) groups excluding carboxylic acids is 1. The lowest BCUT2D eigenvalue weighted by molar-refractivity contribution is 0.0981. The van der Waals surface area contributed by atoms with E-state index < -0.39 is 15.9 Å². The van der Waals surface area contributed by atoms with Gasteiger partial charge in [0.25, 0.3) is 15.9 Å². The second kappa shape index (κ2) is 6.23. The number of sulfonamides is 1. The minimum Gasteiger partial charge on any atom is -0.351 e. The molecule has 1 aliphatic heterocycles. The first-order valence-corrected chi connectivity index (χ1v) is 9.18. The lowest BCUT2D eigenvalue weighted by Gasteiger charge is -2.29. The van der Waals surface area contributed by atoms with E-state index in [2.05, 4.69) is 38.7 Å². The van der Waals surface area contributed by atoms with E-state index in [-0.39, 0.29) is 22.7 Å². The summed E-state index contributed by atoms with van der Waals surface area (Å²) in [5, 5.41) is 5.77. The molecule has 2 aromatic heterocycles. The summed E-state index contributed by atoms with van der Waals surface area (Å²) in [4.78, 5) is 18.9. The quantitative estimate of drug-likeness (QED) is 0.861. The van der Waals surface area contributed by atoms with Gasteiger partial charge in [0.15, 0.2) is 5.03 Å². The highest BCUT2D eigenvalue weighted by atomic mass is 32.2. The Hall–Kier alpha value is -2.42. The molecular formula is C15H19N5O3S. The van der Waals surface area contributed by atoms with Crippen LogP contribution in [-0.4, -0.2) is 41.6 Å². The summed E-state index contributed by atoms with van der Waals surface area (Å²) in [7, 11) is -4.00. The molecule has 2 atom stereocenters. The smallest absolute Gasteiger partial charge is 0.281 e. The summed E-state index contributed by atoms with van der Waals surface area (Å²) in [5.74, 6) is -0.202. The van der Waals surface area contributed by atoms with Crippen LogP contribution in [-0.2, 0) is 10.0 Å².